The monoisotopic (exact) mass is 354 g/mol. The second-order valence-corrected chi connectivity index (χ2v) is 6.36. The van der Waals surface area contributed by atoms with E-state index in [1.54, 1.807) is 0 Å². The second-order valence-electron chi connectivity index (χ2n) is 5.41. The lowest BCUT2D eigenvalue weighted by molar-refractivity contribution is -0.113. The number of alkyl halides is 2. The predicted octanol–water partition coefficient (Wildman–Crippen LogP) is 3.02. The Morgan fingerprint density at radius 1 is 1.38 bits per heavy atom. The molecule has 1 heterocycles. The smallest absolute Gasteiger partial charge is 0.387 e. The van der Waals surface area contributed by atoms with Crippen LogP contribution in [0.4, 0.5) is 14.5 Å². The van der Waals surface area contributed by atoms with Crippen LogP contribution < -0.4 is 10.1 Å². The maximum atomic E-state index is 12.1. The van der Waals surface area contributed by atoms with Gasteiger partial charge in [0.1, 0.15) is 11.6 Å². The Bertz CT molecular complexity index is 717. The van der Waals surface area contributed by atoms with Gasteiger partial charge in [-0.15, -0.1) is 10.2 Å². The zero-order valence-electron chi connectivity index (χ0n) is 12.9. The van der Waals surface area contributed by atoms with Crippen molar-refractivity contribution < 1.29 is 18.3 Å². The lowest BCUT2D eigenvalue weighted by Gasteiger charge is -2.07. The van der Waals surface area contributed by atoms with Crippen LogP contribution in [-0.4, -0.2) is 33.0 Å². The van der Waals surface area contributed by atoms with Gasteiger partial charge in [-0.25, -0.2) is 0 Å². The number of aromatic nitrogens is 3. The summed E-state index contributed by atoms with van der Waals surface area (Å²) in [6.07, 6.45) is 2.28. The first-order valence-corrected chi connectivity index (χ1v) is 8.38. The molecule has 1 fully saturated rings. The molecule has 1 aromatic carbocycles. The molecule has 0 aliphatic heterocycles. The van der Waals surface area contributed by atoms with Gasteiger partial charge >= 0.3 is 6.61 Å². The Hall–Kier alpha value is -2.16. The molecular formula is C15H16F2N4O2S. The van der Waals surface area contributed by atoms with Crippen molar-refractivity contribution in [3.63, 3.8) is 0 Å². The van der Waals surface area contributed by atoms with E-state index in [2.05, 4.69) is 20.3 Å². The topological polar surface area (TPSA) is 69.0 Å². The van der Waals surface area contributed by atoms with Crippen LogP contribution in [0.3, 0.4) is 0 Å². The Labute approximate surface area is 141 Å². The van der Waals surface area contributed by atoms with Crippen molar-refractivity contribution in [1.82, 2.24) is 14.8 Å². The highest BCUT2D eigenvalue weighted by atomic mass is 32.2. The van der Waals surface area contributed by atoms with Crippen LogP contribution in [0, 0.1) is 0 Å². The summed E-state index contributed by atoms with van der Waals surface area (Å²) >= 11 is 1.31. The second kappa shape index (κ2) is 7.16. The van der Waals surface area contributed by atoms with Gasteiger partial charge in [0.25, 0.3) is 0 Å². The van der Waals surface area contributed by atoms with E-state index < -0.39 is 6.61 Å². The Kier molecular flexibility index (Phi) is 4.98. The highest BCUT2D eigenvalue weighted by molar-refractivity contribution is 7.99. The van der Waals surface area contributed by atoms with Crippen LogP contribution in [0.15, 0.2) is 29.4 Å². The zero-order valence-corrected chi connectivity index (χ0v) is 13.7. The van der Waals surface area contributed by atoms with Gasteiger partial charge < -0.3 is 14.6 Å². The first kappa shape index (κ1) is 16.7. The summed E-state index contributed by atoms with van der Waals surface area (Å²) in [5.41, 5.74) is 0.513. The van der Waals surface area contributed by atoms with E-state index in [0.717, 1.165) is 18.7 Å². The van der Waals surface area contributed by atoms with Gasteiger partial charge in [0.15, 0.2) is 5.16 Å². The van der Waals surface area contributed by atoms with Gasteiger partial charge in [-0.3, -0.25) is 4.79 Å². The molecule has 128 valence electrons. The molecule has 0 unspecified atom stereocenters. The molecule has 3 rings (SSSR count). The van der Waals surface area contributed by atoms with Crippen LogP contribution in [-0.2, 0) is 11.8 Å². The van der Waals surface area contributed by atoms with E-state index in [1.807, 2.05) is 11.6 Å². The summed E-state index contributed by atoms with van der Waals surface area (Å²) in [6, 6.07) is 5.76. The van der Waals surface area contributed by atoms with Gasteiger partial charge in [-0.1, -0.05) is 11.8 Å². The number of carbonyl (C=O) groups excluding carboxylic acids is 1. The number of amides is 1. The number of thioether (sulfide) groups is 1. The minimum Gasteiger partial charge on any atom is -0.435 e. The fraction of sp³-hybridized carbons (Fsp3) is 0.400. The van der Waals surface area contributed by atoms with Crippen LogP contribution >= 0.6 is 11.8 Å². The molecule has 9 heteroatoms. The molecular weight excluding hydrogens is 338 g/mol. The number of hydrogen-bond acceptors (Lipinski definition) is 5. The number of benzene rings is 1. The van der Waals surface area contributed by atoms with Gasteiger partial charge in [0, 0.05) is 18.7 Å². The molecule has 6 nitrogen and oxygen atoms in total. The third kappa shape index (κ3) is 4.22. The number of nitrogens with one attached hydrogen (secondary N) is 1. The van der Waals surface area contributed by atoms with Crippen molar-refractivity contribution in [3.05, 3.63) is 30.1 Å². The predicted molar refractivity (Wildman–Crippen MR) is 85.4 cm³/mol. The number of carbonyl (C=O) groups is 1. The molecule has 24 heavy (non-hydrogen) atoms. The van der Waals surface area contributed by atoms with E-state index in [1.165, 1.54) is 36.0 Å². The lowest BCUT2D eigenvalue weighted by Crippen LogP contribution is -2.14. The first-order chi connectivity index (χ1) is 11.5. The number of nitrogens with zero attached hydrogens (tertiary/aromatic N) is 3. The standard InChI is InChI=1S/C15H16F2N4O2S/c1-21-13(9-2-3-9)19-20-15(21)24-8-12(22)18-10-4-6-11(7-5-10)23-14(16)17/h4-7,9,14H,2-3,8H2,1H3,(H,18,22). The highest BCUT2D eigenvalue weighted by Gasteiger charge is 2.29. The van der Waals surface area contributed by atoms with E-state index in [9.17, 15) is 13.6 Å². The van der Waals surface area contributed by atoms with Crippen LogP contribution in [0.1, 0.15) is 24.6 Å². The summed E-state index contributed by atoms with van der Waals surface area (Å²) < 4.78 is 30.3. The Morgan fingerprint density at radius 2 is 2.08 bits per heavy atom. The minimum atomic E-state index is -2.87. The highest BCUT2D eigenvalue weighted by Crippen LogP contribution is 2.39. The van der Waals surface area contributed by atoms with E-state index in [4.69, 9.17) is 0 Å². The molecule has 0 atom stereocenters. The number of halogens is 2. The average Bonchev–Trinajstić information content (AvgIpc) is 3.31. The maximum absolute atomic E-state index is 12.1. The largest absolute Gasteiger partial charge is 0.435 e. The van der Waals surface area contributed by atoms with Gasteiger partial charge in [-0.05, 0) is 37.1 Å². The van der Waals surface area contributed by atoms with Crippen LogP contribution in [0.2, 0.25) is 0 Å². The number of anilines is 1. The summed E-state index contributed by atoms with van der Waals surface area (Å²) in [5, 5.41) is 11.7. The Balaban J connectivity index is 1.50. The summed E-state index contributed by atoms with van der Waals surface area (Å²) in [7, 11) is 1.90. The third-order valence-corrected chi connectivity index (χ3v) is 4.53. The molecule has 1 saturated carbocycles. The molecule has 0 bridgehead atoms. The SMILES string of the molecule is Cn1c(SCC(=O)Nc2ccc(OC(F)F)cc2)nnc1C1CC1. The molecule has 1 N–H and O–H groups in total. The molecule has 0 saturated heterocycles. The fourth-order valence-corrected chi connectivity index (χ4v) is 2.91. The number of ether oxygens (including phenoxy) is 1. The summed E-state index contributed by atoms with van der Waals surface area (Å²) in [5.74, 6) is 1.49. The zero-order chi connectivity index (χ0) is 17.1. The van der Waals surface area contributed by atoms with E-state index in [0.29, 0.717) is 16.8 Å². The molecule has 2 aromatic rings. The summed E-state index contributed by atoms with van der Waals surface area (Å²) in [4.78, 5) is 12.0. The number of hydrogen-bond donors (Lipinski definition) is 1. The molecule has 1 amide bonds. The average molecular weight is 354 g/mol. The maximum Gasteiger partial charge on any atom is 0.387 e. The van der Waals surface area contributed by atoms with Gasteiger partial charge in [0.2, 0.25) is 5.91 Å². The molecule has 0 radical (unpaired) electrons. The van der Waals surface area contributed by atoms with Crippen molar-refractivity contribution in [2.24, 2.45) is 7.05 Å². The summed E-state index contributed by atoms with van der Waals surface area (Å²) in [6.45, 7) is -2.87. The fourth-order valence-electron chi connectivity index (χ4n) is 2.20. The number of rotatable bonds is 7. The van der Waals surface area contributed by atoms with Crippen molar-refractivity contribution in [3.8, 4) is 5.75 Å². The lowest BCUT2D eigenvalue weighted by atomic mass is 10.3. The Morgan fingerprint density at radius 3 is 2.71 bits per heavy atom. The van der Waals surface area contributed by atoms with Crippen LogP contribution in [0.5, 0.6) is 5.75 Å². The molecule has 0 spiro atoms. The molecule has 1 aliphatic rings. The molecule has 1 aromatic heterocycles. The van der Waals surface area contributed by atoms with Gasteiger partial charge in [0.05, 0.1) is 5.75 Å². The van der Waals surface area contributed by atoms with E-state index in [-0.39, 0.29) is 17.4 Å². The molecule has 1 aliphatic carbocycles. The van der Waals surface area contributed by atoms with E-state index >= 15 is 0 Å². The first-order valence-electron chi connectivity index (χ1n) is 7.39. The third-order valence-electron chi connectivity index (χ3n) is 3.51. The van der Waals surface area contributed by atoms with Gasteiger partial charge in [-0.2, -0.15) is 8.78 Å². The van der Waals surface area contributed by atoms with Crippen molar-refractivity contribution >= 4 is 23.4 Å². The van der Waals surface area contributed by atoms with Crippen molar-refractivity contribution in [2.45, 2.75) is 30.5 Å². The van der Waals surface area contributed by atoms with Crippen LogP contribution in [0.25, 0.3) is 0 Å². The quantitative estimate of drug-likeness (QED) is 0.774. The minimum absolute atomic E-state index is 0.0454. The van der Waals surface area contributed by atoms with Crippen molar-refractivity contribution in [1.29, 1.82) is 0 Å². The van der Waals surface area contributed by atoms with Crippen molar-refractivity contribution in [2.75, 3.05) is 11.1 Å². The normalized spacial score (nSPS) is 14.0.